The SMILES string of the molecule is CC[Si](CC)(CC)O[C@H](C)C1NC(=O)C([C@@H](C)O[Si](C)(C)C(C)(C)C)NC(=O)c2csc(n2)C2(NC(=O)[C@H](C)N)CCC(c3nc(C(=O)N[C@@H](C[Se]c4ccccc4)C(=O)N[C@@H](C[Se]c4ccccc4)C(N)=O)cs3)=NC2c2csc(n2)C([C@@H](C)O)NC(=O)c2csc(n2)C([C@](C)(O)[C@@H](C)O[Si](C)(C)C(C)(C)C)NC(=O)C2CSC1=N2. The summed E-state index contributed by atoms with van der Waals surface area (Å²) >= 11 is 4.97. The number of primary amides is 1. The third kappa shape index (κ3) is 22.5. The molecule has 7 unspecified atom stereocenters. The Morgan fingerprint density at radius 3 is 1.78 bits per heavy atom. The molecule has 0 fully saturated rings. The number of nitrogens with one attached hydrogen (secondary N) is 7. The van der Waals surface area contributed by atoms with E-state index in [1.54, 1.807) is 26.2 Å². The fraction of sp³-hybridized carbons (Fsp3) is 0.564. The molecular formula is C78H113N15O13S5Se2Si3. The minimum absolute atomic E-state index is 0.00277. The number of hydrogen-bond acceptors (Lipinski definition) is 25. The number of thioether (sulfide) groups is 1. The molecule has 8 amide bonds. The van der Waals surface area contributed by atoms with Crippen molar-refractivity contribution in [2.24, 2.45) is 21.5 Å². The Morgan fingerprint density at radius 1 is 0.647 bits per heavy atom. The molecule has 0 radical (unpaired) electrons. The first kappa shape index (κ1) is 93.7. The van der Waals surface area contributed by atoms with Crippen LogP contribution in [0.3, 0.4) is 0 Å². The first-order valence-electron chi connectivity index (χ1n) is 39.0. The molecule has 38 heteroatoms. The van der Waals surface area contributed by atoms with E-state index in [2.05, 4.69) is 113 Å². The number of aliphatic hydroxyl groups excluding tert-OH is 1. The molecule has 0 saturated heterocycles. The van der Waals surface area contributed by atoms with Crippen molar-refractivity contribution in [3.8, 4) is 0 Å². The predicted molar refractivity (Wildman–Crippen MR) is 470 cm³/mol. The fourth-order valence-corrected chi connectivity index (χ4v) is 27.6. The number of benzene rings is 2. The molecule has 8 bridgehead atoms. The molecule has 0 saturated carbocycles. The van der Waals surface area contributed by atoms with Crippen molar-refractivity contribution in [2.45, 2.75) is 272 Å². The van der Waals surface area contributed by atoms with Gasteiger partial charge in [-0.25, -0.2) is 9.97 Å². The van der Waals surface area contributed by atoms with Crippen LogP contribution in [0.15, 0.2) is 92.2 Å². The Morgan fingerprint density at radius 2 is 1.21 bits per heavy atom. The van der Waals surface area contributed by atoms with Crippen molar-refractivity contribution >= 4 is 179 Å². The normalized spacial score (nSPS) is 22.6. The molecule has 15 atom stereocenters. The number of nitrogens with zero attached hydrogens (tertiary/aromatic N) is 6. The predicted octanol–water partition coefficient (Wildman–Crippen LogP) is 8.26. The van der Waals surface area contributed by atoms with Crippen molar-refractivity contribution in [1.29, 1.82) is 0 Å². The summed E-state index contributed by atoms with van der Waals surface area (Å²) in [5.74, 6) is -5.25. The number of aliphatic imine (C=N–C) groups is 2. The number of aromatic nitrogens is 4. The Kier molecular flexibility index (Phi) is 31.6. The third-order valence-corrected chi connectivity index (χ3v) is 45.9. The number of aliphatic hydroxyl groups is 2. The maximum absolute atomic E-state index is 15.8. The summed E-state index contributed by atoms with van der Waals surface area (Å²) in [4.78, 5) is 148. The topological polar surface area (TPSA) is 417 Å². The second-order valence-electron chi connectivity index (χ2n) is 33.0. The van der Waals surface area contributed by atoms with Gasteiger partial charge in [0, 0.05) is 16.5 Å². The third-order valence-electron chi connectivity index (χ3n) is 22.5. The van der Waals surface area contributed by atoms with E-state index in [4.69, 9.17) is 54.7 Å². The average Bonchev–Trinajstić information content (AvgIpc) is 1.56. The molecule has 9 rings (SSSR count). The van der Waals surface area contributed by atoms with Crippen molar-refractivity contribution in [3.05, 3.63) is 125 Å². The Bertz CT molecular complexity index is 4530. The van der Waals surface area contributed by atoms with E-state index in [0.29, 0.717) is 15.8 Å². The Hall–Kier alpha value is -6.14. The fourth-order valence-electron chi connectivity index (χ4n) is 12.8. The number of carbonyl (C=O) groups excluding carboxylic acids is 8. The molecule has 4 aromatic heterocycles. The number of hydrogen-bond donors (Lipinski definition) is 11. The first-order valence-corrected chi connectivity index (χ1v) is 56.0. The smallest absolute Gasteiger partial charge is 0.411 e. The van der Waals surface area contributed by atoms with Crippen LogP contribution in [0.4, 0.5) is 0 Å². The summed E-state index contributed by atoms with van der Waals surface area (Å²) in [6.45, 7) is 36.8. The summed E-state index contributed by atoms with van der Waals surface area (Å²) in [6, 6.07) is 10.9. The molecule has 6 aromatic rings. The summed E-state index contributed by atoms with van der Waals surface area (Å²) in [5, 5.41) is 53.3. The van der Waals surface area contributed by atoms with Gasteiger partial charge in [0.25, 0.3) is 11.8 Å². The molecule has 632 valence electrons. The summed E-state index contributed by atoms with van der Waals surface area (Å²) in [6.07, 6.45) is -3.86. The van der Waals surface area contributed by atoms with Crippen LogP contribution >= 0.6 is 57.1 Å². The van der Waals surface area contributed by atoms with Crippen molar-refractivity contribution in [2.75, 3.05) is 5.75 Å². The molecule has 3 aliphatic rings. The Labute approximate surface area is 716 Å². The van der Waals surface area contributed by atoms with Crippen LogP contribution in [0.2, 0.25) is 65.0 Å². The van der Waals surface area contributed by atoms with Gasteiger partial charge in [0.2, 0.25) is 17.7 Å². The van der Waals surface area contributed by atoms with E-state index in [1.807, 2.05) is 80.7 Å². The van der Waals surface area contributed by atoms with E-state index < -0.39 is 162 Å². The average molecular weight is 1870 g/mol. The second-order valence-corrected chi connectivity index (χ2v) is 56.3. The van der Waals surface area contributed by atoms with Crippen LogP contribution in [-0.4, -0.2) is 215 Å². The minimum Gasteiger partial charge on any atom is -0.411 e. The van der Waals surface area contributed by atoms with Gasteiger partial charge in [-0.05, 0) is 95.9 Å². The molecule has 2 aromatic carbocycles. The van der Waals surface area contributed by atoms with Gasteiger partial charge in [-0.15, -0.1) is 45.8 Å². The van der Waals surface area contributed by atoms with E-state index >= 15 is 14.4 Å². The van der Waals surface area contributed by atoms with Gasteiger partial charge in [-0.3, -0.25) is 29.0 Å². The van der Waals surface area contributed by atoms with Gasteiger partial charge in [0.05, 0.1) is 35.5 Å². The van der Waals surface area contributed by atoms with Crippen LogP contribution < -0.4 is 57.6 Å². The molecule has 28 nitrogen and oxygen atoms in total. The molecule has 116 heavy (non-hydrogen) atoms. The van der Waals surface area contributed by atoms with Crippen LogP contribution in [-0.2, 0) is 42.8 Å². The number of thiazole rings is 4. The summed E-state index contributed by atoms with van der Waals surface area (Å²) < 4.78 is 23.0. The van der Waals surface area contributed by atoms with Gasteiger partial charge in [0.1, 0.15) is 57.2 Å². The van der Waals surface area contributed by atoms with E-state index in [9.17, 15) is 34.2 Å². The zero-order valence-electron chi connectivity index (χ0n) is 69.3. The number of rotatable bonds is 28. The van der Waals surface area contributed by atoms with Crippen LogP contribution in [0.5, 0.6) is 0 Å². The van der Waals surface area contributed by atoms with Gasteiger partial charge in [-0.1, -0.05) is 62.3 Å². The molecule has 0 aliphatic carbocycles. The molecule has 13 N–H and O–H groups in total. The summed E-state index contributed by atoms with van der Waals surface area (Å²) in [7, 11) is -7.83. The standard InChI is InChI=1S/C78H113N15O13S5Se2Si3/c1-20-116(21-2,22-3)105-45(7)59-72-86-53(37-109-72)67(100)92-61(77(15,103)46(8)106-115(18,19)76(12,13)14)73-87-52(38-110-73)65(98)89-57(43(5)94)71-84-50(35-108-71)60-78(93-63(96)42(4)79,74-88-54(39-111-74)66(99)90-58(69(102)91-59)44(6)104-114(16,17)75(9,10)11)34-33-49(81-60)70-85-51(36-107-70)64(97)83-56(41-113-48-31-27-24-28-32-48)68(101)82-55(62(80)95)40-112-47-29-25-23-26-30-47/h23-32,35-36,38-39,42-46,53,55-61,94,103H,20-22,33-34,37,40-41,79H2,1-19H3,(H2,80,95)(H,82,101)(H,83,97)(H,89,98)(H,90,99)(H,91,102)(H,92,100)(H,93,96)/t42-,43+,44+,45+,46+,53?,55-,56-,57?,58?,59?,60?,61?,77+,78?/m0/s1. The number of amides is 8. The van der Waals surface area contributed by atoms with Crippen molar-refractivity contribution in [3.63, 3.8) is 0 Å². The maximum atomic E-state index is 15.8. The monoisotopic (exact) mass is 1870 g/mol. The van der Waals surface area contributed by atoms with Crippen molar-refractivity contribution in [1.82, 2.24) is 57.2 Å². The van der Waals surface area contributed by atoms with Gasteiger partial charge < -0.3 is 50.5 Å². The number of nitrogens with two attached hydrogens (primary N) is 2. The van der Waals surface area contributed by atoms with Crippen LogP contribution in [0, 0.1) is 0 Å². The van der Waals surface area contributed by atoms with E-state index in [1.165, 1.54) is 41.7 Å². The minimum atomic E-state index is -2.74. The molecule has 0 spiro atoms. The molecular weight excluding hydrogens is 1760 g/mol. The second kappa shape index (κ2) is 39.1. The molecule has 3 aliphatic heterocycles. The van der Waals surface area contributed by atoms with Gasteiger partial charge >= 0.3 is 265 Å². The van der Waals surface area contributed by atoms with Gasteiger partial charge in [-0.2, -0.15) is 0 Å². The Balaban J connectivity index is 1.18. The van der Waals surface area contributed by atoms with Crippen molar-refractivity contribution < 1.29 is 61.8 Å². The first-order chi connectivity index (χ1) is 54.4. The van der Waals surface area contributed by atoms with E-state index in [0.717, 1.165) is 72.4 Å². The summed E-state index contributed by atoms with van der Waals surface area (Å²) in [5.41, 5.74) is 9.03. The quantitative estimate of drug-likeness (QED) is 0.0206. The number of carbonyl (C=O) groups is 8. The van der Waals surface area contributed by atoms with E-state index in [-0.39, 0.29) is 107 Å². The van der Waals surface area contributed by atoms with Gasteiger partial charge in [0.15, 0.2) is 25.0 Å². The van der Waals surface area contributed by atoms with Crippen LogP contribution in [0.25, 0.3) is 0 Å². The zero-order chi connectivity index (χ0) is 85.4. The van der Waals surface area contributed by atoms with Crippen LogP contribution in [0.1, 0.15) is 192 Å². The zero-order valence-corrected chi connectivity index (χ0v) is 79.8. The number of fused-ring (bicyclic) bond motifs is 10. The molecule has 7 heterocycles.